The summed E-state index contributed by atoms with van der Waals surface area (Å²) < 4.78 is 10.7. The summed E-state index contributed by atoms with van der Waals surface area (Å²) in [5, 5.41) is 0. The van der Waals surface area contributed by atoms with Crippen LogP contribution in [-0.4, -0.2) is 43.4 Å². The van der Waals surface area contributed by atoms with Crippen molar-refractivity contribution in [2.75, 3.05) is 38.3 Å². The fourth-order valence-electron chi connectivity index (χ4n) is 2.92. The van der Waals surface area contributed by atoms with Gasteiger partial charge >= 0.3 is 0 Å². The van der Waals surface area contributed by atoms with Gasteiger partial charge in [-0.15, -0.1) is 0 Å². The largest absolute Gasteiger partial charge is 0.497 e. The molecule has 1 fully saturated rings. The lowest BCUT2D eigenvalue weighted by molar-refractivity contribution is 0.122. The van der Waals surface area contributed by atoms with E-state index in [1.165, 1.54) is 5.69 Å². The summed E-state index contributed by atoms with van der Waals surface area (Å²) >= 11 is 0. The summed E-state index contributed by atoms with van der Waals surface area (Å²) in [6.45, 7) is 3.44. The molecule has 1 aliphatic rings. The number of rotatable bonds is 3. The number of benzene rings is 2. The highest BCUT2D eigenvalue weighted by atomic mass is 16.5. The van der Waals surface area contributed by atoms with Crippen LogP contribution in [0, 0.1) is 0 Å². The average molecular weight is 309 g/mol. The van der Waals surface area contributed by atoms with E-state index >= 15 is 0 Å². The monoisotopic (exact) mass is 309 g/mol. The highest BCUT2D eigenvalue weighted by Gasteiger charge is 2.13. The fraction of sp³-hybridized carbons (Fsp3) is 0.278. The van der Waals surface area contributed by atoms with Crippen LogP contribution in [-0.2, 0) is 4.74 Å². The molecule has 2 heterocycles. The summed E-state index contributed by atoms with van der Waals surface area (Å²) in [7, 11) is 1.67. The van der Waals surface area contributed by atoms with Crippen molar-refractivity contribution in [3.63, 3.8) is 0 Å². The molecule has 5 nitrogen and oxygen atoms in total. The van der Waals surface area contributed by atoms with E-state index in [9.17, 15) is 0 Å². The van der Waals surface area contributed by atoms with Crippen LogP contribution in [0.4, 0.5) is 5.69 Å². The van der Waals surface area contributed by atoms with E-state index in [1.807, 2.05) is 18.2 Å². The van der Waals surface area contributed by atoms with Crippen molar-refractivity contribution in [2.24, 2.45) is 0 Å². The lowest BCUT2D eigenvalue weighted by Crippen LogP contribution is -2.36. The standard InChI is InChI=1S/C18H19N3O2/c1-22-15-5-6-16-17(12-15)20-18(19-16)13-3-2-4-14(11-13)21-7-9-23-10-8-21/h2-6,11-12H,7-10H2,1H3,(H,19,20). The Balaban J connectivity index is 1.69. The van der Waals surface area contributed by atoms with Crippen molar-refractivity contribution in [1.29, 1.82) is 0 Å². The average Bonchev–Trinajstić information content (AvgIpc) is 3.06. The van der Waals surface area contributed by atoms with Crippen molar-refractivity contribution >= 4 is 16.7 Å². The molecule has 4 rings (SSSR count). The molecule has 3 aromatic rings. The Morgan fingerprint density at radius 2 is 2.00 bits per heavy atom. The molecular weight excluding hydrogens is 290 g/mol. The molecule has 0 unspecified atom stereocenters. The van der Waals surface area contributed by atoms with Gasteiger partial charge in [0.25, 0.3) is 0 Å². The second-order valence-electron chi connectivity index (χ2n) is 5.62. The van der Waals surface area contributed by atoms with E-state index in [1.54, 1.807) is 7.11 Å². The Morgan fingerprint density at radius 3 is 2.83 bits per heavy atom. The number of imidazole rings is 1. The molecule has 1 N–H and O–H groups in total. The summed E-state index contributed by atoms with van der Waals surface area (Å²) in [5.41, 5.74) is 4.22. The topological polar surface area (TPSA) is 50.4 Å². The van der Waals surface area contributed by atoms with E-state index in [2.05, 4.69) is 34.1 Å². The van der Waals surface area contributed by atoms with E-state index in [0.29, 0.717) is 0 Å². The third-order valence-electron chi connectivity index (χ3n) is 4.18. The molecule has 0 amide bonds. The number of aromatic amines is 1. The molecule has 1 saturated heterocycles. The highest BCUT2D eigenvalue weighted by molar-refractivity contribution is 5.81. The van der Waals surface area contributed by atoms with Gasteiger partial charge in [0, 0.05) is 30.4 Å². The van der Waals surface area contributed by atoms with Crippen LogP contribution in [0.25, 0.3) is 22.4 Å². The lowest BCUT2D eigenvalue weighted by atomic mass is 10.1. The molecule has 0 atom stereocenters. The minimum atomic E-state index is 0.786. The van der Waals surface area contributed by atoms with Gasteiger partial charge in [0.1, 0.15) is 11.6 Å². The third-order valence-corrected chi connectivity index (χ3v) is 4.18. The minimum absolute atomic E-state index is 0.786. The first-order valence-electron chi connectivity index (χ1n) is 7.80. The number of H-pyrrole nitrogens is 1. The number of hydrogen-bond acceptors (Lipinski definition) is 4. The minimum Gasteiger partial charge on any atom is -0.497 e. The molecule has 5 heteroatoms. The normalized spacial score (nSPS) is 15.1. The number of nitrogens with one attached hydrogen (secondary N) is 1. The summed E-state index contributed by atoms with van der Waals surface area (Å²) in [6.07, 6.45) is 0. The van der Waals surface area contributed by atoms with Crippen molar-refractivity contribution in [3.8, 4) is 17.1 Å². The summed E-state index contributed by atoms with van der Waals surface area (Å²) in [6, 6.07) is 14.3. The van der Waals surface area contributed by atoms with Crippen molar-refractivity contribution in [1.82, 2.24) is 9.97 Å². The fourth-order valence-corrected chi connectivity index (χ4v) is 2.92. The summed E-state index contributed by atoms with van der Waals surface area (Å²) in [5.74, 6) is 1.71. The molecule has 118 valence electrons. The molecule has 1 aromatic heterocycles. The highest BCUT2D eigenvalue weighted by Crippen LogP contribution is 2.26. The van der Waals surface area contributed by atoms with Gasteiger partial charge in [-0.2, -0.15) is 0 Å². The molecule has 0 spiro atoms. The molecule has 0 saturated carbocycles. The van der Waals surface area contributed by atoms with Crippen LogP contribution in [0.1, 0.15) is 0 Å². The maximum absolute atomic E-state index is 5.43. The maximum atomic E-state index is 5.43. The Morgan fingerprint density at radius 1 is 1.13 bits per heavy atom. The lowest BCUT2D eigenvalue weighted by Gasteiger charge is -2.29. The molecule has 0 bridgehead atoms. The summed E-state index contributed by atoms with van der Waals surface area (Å²) in [4.78, 5) is 10.4. The van der Waals surface area contributed by atoms with E-state index in [-0.39, 0.29) is 0 Å². The van der Waals surface area contributed by atoms with Gasteiger partial charge in [-0.25, -0.2) is 4.98 Å². The Hall–Kier alpha value is -2.53. The first-order valence-corrected chi connectivity index (χ1v) is 7.80. The second kappa shape index (κ2) is 5.93. The quantitative estimate of drug-likeness (QED) is 0.808. The smallest absolute Gasteiger partial charge is 0.138 e. The van der Waals surface area contributed by atoms with Crippen LogP contribution in [0.2, 0.25) is 0 Å². The number of nitrogens with zero attached hydrogens (tertiary/aromatic N) is 2. The molecule has 0 radical (unpaired) electrons. The van der Waals surface area contributed by atoms with E-state index in [0.717, 1.165) is 54.5 Å². The number of ether oxygens (including phenoxy) is 2. The van der Waals surface area contributed by atoms with E-state index < -0.39 is 0 Å². The molecule has 0 aliphatic carbocycles. The van der Waals surface area contributed by atoms with Gasteiger partial charge in [0.15, 0.2) is 0 Å². The number of anilines is 1. The first-order chi connectivity index (χ1) is 11.3. The van der Waals surface area contributed by atoms with Crippen LogP contribution < -0.4 is 9.64 Å². The Kier molecular flexibility index (Phi) is 3.63. The van der Waals surface area contributed by atoms with Crippen molar-refractivity contribution in [3.05, 3.63) is 42.5 Å². The Labute approximate surface area is 134 Å². The zero-order valence-corrected chi connectivity index (χ0v) is 13.1. The van der Waals surface area contributed by atoms with Gasteiger partial charge in [0.2, 0.25) is 0 Å². The number of morpholine rings is 1. The van der Waals surface area contributed by atoms with Crippen LogP contribution in [0.15, 0.2) is 42.5 Å². The zero-order valence-electron chi connectivity index (χ0n) is 13.1. The van der Waals surface area contributed by atoms with Crippen molar-refractivity contribution < 1.29 is 9.47 Å². The number of aromatic nitrogens is 2. The zero-order chi connectivity index (χ0) is 15.6. The van der Waals surface area contributed by atoms with Gasteiger partial charge in [0.05, 0.1) is 31.4 Å². The number of methoxy groups -OCH3 is 1. The van der Waals surface area contributed by atoms with Crippen LogP contribution in [0.5, 0.6) is 5.75 Å². The Bertz CT molecular complexity index is 822. The van der Waals surface area contributed by atoms with Crippen molar-refractivity contribution in [2.45, 2.75) is 0 Å². The predicted octanol–water partition coefficient (Wildman–Crippen LogP) is 3.08. The van der Waals surface area contributed by atoms with E-state index in [4.69, 9.17) is 14.5 Å². The molecule has 23 heavy (non-hydrogen) atoms. The predicted molar refractivity (Wildman–Crippen MR) is 91.1 cm³/mol. The first kappa shape index (κ1) is 14.1. The number of fused-ring (bicyclic) bond motifs is 1. The SMILES string of the molecule is COc1ccc2nc(-c3cccc(N4CCOCC4)c3)[nH]c2c1. The molecule has 2 aromatic carbocycles. The van der Waals surface area contributed by atoms with Crippen LogP contribution >= 0.6 is 0 Å². The molecular formula is C18H19N3O2. The molecule has 1 aliphatic heterocycles. The maximum Gasteiger partial charge on any atom is 0.138 e. The van der Waals surface area contributed by atoms with Gasteiger partial charge in [-0.05, 0) is 24.3 Å². The number of hydrogen-bond donors (Lipinski definition) is 1. The van der Waals surface area contributed by atoms with Gasteiger partial charge in [-0.1, -0.05) is 12.1 Å². The third kappa shape index (κ3) is 2.75. The van der Waals surface area contributed by atoms with Crippen LogP contribution in [0.3, 0.4) is 0 Å². The second-order valence-corrected chi connectivity index (χ2v) is 5.62. The van der Waals surface area contributed by atoms with Gasteiger partial charge in [-0.3, -0.25) is 0 Å². The van der Waals surface area contributed by atoms with Gasteiger partial charge < -0.3 is 19.4 Å².